The zero-order chi connectivity index (χ0) is 14.8. The van der Waals surface area contributed by atoms with Gasteiger partial charge in [0.25, 0.3) is 0 Å². The van der Waals surface area contributed by atoms with Crippen molar-refractivity contribution in [1.29, 1.82) is 0 Å². The lowest BCUT2D eigenvalue weighted by Crippen LogP contribution is -2.46. The van der Waals surface area contributed by atoms with Crippen LogP contribution >= 0.6 is 0 Å². The molecule has 4 aliphatic carbocycles. The Hall–Kier alpha value is -0.370. The maximum Gasteiger partial charge on any atom is 0.104 e. The van der Waals surface area contributed by atoms with Crippen molar-refractivity contribution in [2.24, 2.45) is 29.1 Å². The first-order valence-corrected chi connectivity index (χ1v) is 9.04. The van der Waals surface area contributed by atoms with Crippen molar-refractivity contribution >= 4 is 0 Å². The van der Waals surface area contributed by atoms with Gasteiger partial charge in [0.1, 0.15) is 6.17 Å². The van der Waals surface area contributed by atoms with Gasteiger partial charge in [0, 0.05) is 6.42 Å². The third-order valence-corrected chi connectivity index (χ3v) is 7.64. The molecule has 7 atom stereocenters. The van der Waals surface area contributed by atoms with E-state index in [0.717, 1.165) is 25.2 Å². The molecule has 1 N–H and O–H groups in total. The van der Waals surface area contributed by atoms with Gasteiger partial charge in [-0.15, -0.1) is 0 Å². The van der Waals surface area contributed by atoms with Crippen molar-refractivity contribution in [3.8, 4) is 0 Å². The van der Waals surface area contributed by atoms with E-state index < -0.39 is 6.17 Å². The molecule has 118 valence electrons. The maximum absolute atomic E-state index is 13.8. The van der Waals surface area contributed by atoms with Crippen LogP contribution in [0.15, 0.2) is 11.1 Å². The molecule has 2 heteroatoms. The van der Waals surface area contributed by atoms with Crippen LogP contribution < -0.4 is 0 Å². The van der Waals surface area contributed by atoms with Crippen molar-refractivity contribution in [2.45, 2.75) is 77.5 Å². The minimum Gasteiger partial charge on any atom is -0.393 e. The van der Waals surface area contributed by atoms with Gasteiger partial charge < -0.3 is 5.11 Å². The highest BCUT2D eigenvalue weighted by atomic mass is 19.1. The van der Waals surface area contributed by atoms with Crippen molar-refractivity contribution in [3.63, 3.8) is 0 Å². The number of allylic oxidation sites excluding steroid dienone is 2. The minimum absolute atomic E-state index is 0.0873. The summed E-state index contributed by atoms with van der Waals surface area (Å²) in [5.41, 5.74) is 3.30. The molecular formula is C19H29FO. The van der Waals surface area contributed by atoms with Crippen molar-refractivity contribution in [1.82, 2.24) is 0 Å². The van der Waals surface area contributed by atoms with Gasteiger partial charge in [0.05, 0.1) is 6.10 Å². The summed E-state index contributed by atoms with van der Waals surface area (Å²) in [4.78, 5) is 0. The third kappa shape index (κ3) is 1.97. The average molecular weight is 292 g/mol. The van der Waals surface area contributed by atoms with E-state index in [2.05, 4.69) is 13.8 Å². The fourth-order valence-electron chi connectivity index (χ4n) is 6.46. The summed E-state index contributed by atoms with van der Waals surface area (Å²) in [5.74, 6) is 2.74. The fourth-order valence-corrected chi connectivity index (χ4v) is 6.46. The first-order chi connectivity index (χ1) is 10.0. The second kappa shape index (κ2) is 4.81. The number of fused-ring (bicyclic) bond motifs is 4. The molecule has 0 saturated heterocycles. The molecule has 0 bridgehead atoms. The molecule has 21 heavy (non-hydrogen) atoms. The molecule has 2 saturated carbocycles. The topological polar surface area (TPSA) is 20.2 Å². The summed E-state index contributed by atoms with van der Waals surface area (Å²) >= 11 is 0. The third-order valence-electron chi connectivity index (χ3n) is 7.64. The molecule has 0 spiro atoms. The number of hydrogen-bond acceptors (Lipinski definition) is 1. The van der Waals surface area contributed by atoms with Crippen LogP contribution in [0.3, 0.4) is 0 Å². The Labute approximate surface area is 128 Å². The van der Waals surface area contributed by atoms with E-state index >= 15 is 0 Å². The lowest BCUT2D eigenvalue weighted by molar-refractivity contribution is -0.0360. The summed E-state index contributed by atoms with van der Waals surface area (Å²) in [5, 5.41) is 10.4. The number of hydrogen-bond donors (Lipinski definition) is 1. The number of halogens is 1. The van der Waals surface area contributed by atoms with E-state index in [4.69, 9.17) is 0 Å². The Morgan fingerprint density at radius 1 is 1.14 bits per heavy atom. The van der Waals surface area contributed by atoms with Gasteiger partial charge >= 0.3 is 0 Å². The molecule has 0 aromatic heterocycles. The molecule has 2 fully saturated rings. The summed E-state index contributed by atoms with van der Waals surface area (Å²) in [7, 11) is 0. The first kappa shape index (κ1) is 14.2. The molecule has 0 aromatic rings. The largest absolute Gasteiger partial charge is 0.393 e. The Bertz CT molecular complexity index is 470. The zero-order valence-corrected chi connectivity index (χ0v) is 13.4. The molecule has 0 amide bonds. The lowest BCUT2D eigenvalue weighted by atomic mass is 9.53. The van der Waals surface area contributed by atoms with Crippen LogP contribution in [0.5, 0.6) is 0 Å². The summed E-state index contributed by atoms with van der Waals surface area (Å²) in [6.45, 7) is 4.65. The molecular weight excluding hydrogens is 263 g/mol. The zero-order valence-electron chi connectivity index (χ0n) is 13.4. The monoisotopic (exact) mass is 292 g/mol. The van der Waals surface area contributed by atoms with Gasteiger partial charge in [-0.1, -0.05) is 25.0 Å². The standard InChI is InChI=1S/C19H29FO/c1-11-9-16-14(13-4-3-12(20)10-15(11)13)7-8-19(2)17(16)5-6-18(19)21/h11-12,14,16-18,21H,3-10H2,1-2H3/t11-,12+,14-,16-,17+,18+,19+/m1/s1. The second-order valence-electron chi connectivity index (χ2n) is 8.54. The van der Waals surface area contributed by atoms with E-state index in [1.54, 1.807) is 5.57 Å². The second-order valence-corrected chi connectivity index (χ2v) is 8.54. The van der Waals surface area contributed by atoms with Crippen LogP contribution in [0.2, 0.25) is 0 Å². The van der Waals surface area contributed by atoms with Gasteiger partial charge in [-0.25, -0.2) is 4.39 Å². The smallest absolute Gasteiger partial charge is 0.104 e. The van der Waals surface area contributed by atoms with E-state index in [-0.39, 0.29) is 11.5 Å². The van der Waals surface area contributed by atoms with E-state index in [1.165, 1.54) is 31.3 Å². The highest BCUT2D eigenvalue weighted by Gasteiger charge is 2.55. The van der Waals surface area contributed by atoms with E-state index in [9.17, 15) is 9.50 Å². The van der Waals surface area contributed by atoms with E-state index in [1.807, 2.05) is 0 Å². The molecule has 0 unspecified atom stereocenters. The van der Waals surface area contributed by atoms with Crippen LogP contribution in [0, 0.1) is 29.1 Å². The number of aliphatic hydroxyl groups is 1. The Balaban J connectivity index is 1.68. The fraction of sp³-hybridized carbons (Fsp3) is 0.895. The normalized spacial score (nSPS) is 53.1. The molecule has 0 aromatic carbocycles. The predicted molar refractivity (Wildman–Crippen MR) is 82.6 cm³/mol. The molecule has 4 aliphatic rings. The Morgan fingerprint density at radius 3 is 2.76 bits per heavy atom. The van der Waals surface area contributed by atoms with Gasteiger partial charge in [-0.3, -0.25) is 0 Å². The summed E-state index contributed by atoms with van der Waals surface area (Å²) in [6, 6.07) is 0. The van der Waals surface area contributed by atoms with Crippen LogP contribution in [-0.2, 0) is 0 Å². The molecule has 0 radical (unpaired) electrons. The predicted octanol–water partition coefficient (Wildman–Crippen LogP) is 4.65. The number of aliphatic hydroxyl groups excluding tert-OH is 1. The van der Waals surface area contributed by atoms with Gasteiger partial charge in [-0.2, -0.15) is 0 Å². The Kier molecular flexibility index (Phi) is 3.26. The molecule has 4 rings (SSSR count). The first-order valence-electron chi connectivity index (χ1n) is 9.04. The summed E-state index contributed by atoms with van der Waals surface area (Å²) < 4.78 is 13.8. The highest BCUT2D eigenvalue weighted by molar-refractivity contribution is 5.29. The molecule has 0 heterocycles. The van der Waals surface area contributed by atoms with Crippen LogP contribution in [0.4, 0.5) is 4.39 Å². The maximum atomic E-state index is 13.8. The molecule has 0 aliphatic heterocycles. The SMILES string of the molecule is C[C@@H]1C[C@@H]2[C@H](CC[C@]3(C)[C@@H](O)CC[C@@H]23)C2=C1C[C@@H](F)CC2. The van der Waals surface area contributed by atoms with Crippen molar-refractivity contribution in [2.75, 3.05) is 0 Å². The van der Waals surface area contributed by atoms with Crippen LogP contribution in [0.1, 0.15) is 65.2 Å². The average Bonchev–Trinajstić information content (AvgIpc) is 2.76. The van der Waals surface area contributed by atoms with Crippen molar-refractivity contribution in [3.05, 3.63) is 11.1 Å². The minimum atomic E-state index is -0.593. The number of alkyl halides is 1. The van der Waals surface area contributed by atoms with Crippen molar-refractivity contribution < 1.29 is 9.50 Å². The van der Waals surface area contributed by atoms with Gasteiger partial charge in [0.2, 0.25) is 0 Å². The lowest BCUT2D eigenvalue weighted by Gasteiger charge is -2.53. The Morgan fingerprint density at radius 2 is 1.95 bits per heavy atom. The highest BCUT2D eigenvalue weighted by Crippen LogP contribution is 2.61. The van der Waals surface area contributed by atoms with E-state index in [0.29, 0.717) is 24.2 Å². The quantitative estimate of drug-likeness (QED) is 0.644. The van der Waals surface area contributed by atoms with Gasteiger partial charge in [-0.05, 0) is 74.0 Å². The van der Waals surface area contributed by atoms with Crippen LogP contribution in [0.25, 0.3) is 0 Å². The summed E-state index contributed by atoms with van der Waals surface area (Å²) in [6.07, 6.45) is 7.64. The number of rotatable bonds is 0. The van der Waals surface area contributed by atoms with Crippen LogP contribution in [-0.4, -0.2) is 17.4 Å². The molecule has 1 nitrogen and oxygen atoms in total. The van der Waals surface area contributed by atoms with Gasteiger partial charge in [0.15, 0.2) is 0 Å².